The van der Waals surface area contributed by atoms with Gasteiger partial charge < -0.3 is 20.0 Å². The number of anilines is 4. The van der Waals surface area contributed by atoms with Crippen LogP contribution in [0.3, 0.4) is 0 Å². The van der Waals surface area contributed by atoms with Crippen LogP contribution in [0.5, 0.6) is 0 Å². The average Bonchev–Trinajstić information content (AvgIpc) is 1.46. The van der Waals surface area contributed by atoms with Crippen molar-refractivity contribution in [1.82, 2.24) is 4.57 Å². The molecule has 0 fully saturated rings. The Balaban J connectivity index is 1.12. The number of aromatic nitrogens is 1. The summed E-state index contributed by atoms with van der Waals surface area (Å²) in [6.45, 7) is 15.7. The summed E-state index contributed by atoms with van der Waals surface area (Å²) in [6, 6.07) is 68.6. The van der Waals surface area contributed by atoms with E-state index in [2.05, 4.69) is 256 Å². The monoisotopic (exact) mass is 1100 g/mol. The van der Waals surface area contributed by atoms with E-state index in [1.54, 1.807) is 0 Å². The van der Waals surface area contributed by atoms with Crippen LogP contribution in [0.4, 0.5) is 22.7 Å². The van der Waals surface area contributed by atoms with Crippen LogP contribution in [0, 0.1) is 0 Å². The van der Waals surface area contributed by atoms with Gasteiger partial charge in [0.25, 0.3) is 0 Å². The summed E-state index contributed by atoms with van der Waals surface area (Å²) in [4.78, 5) is 5.23. The number of fused-ring (bicyclic) bond motifs is 7. The molecule has 404 valence electrons. The third kappa shape index (κ3) is 7.70. The highest BCUT2D eigenvalue weighted by atomic mass is 16.3. The molecule has 0 bridgehead atoms. The molecule has 2 aromatic heterocycles. The highest BCUT2D eigenvalue weighted by Gasteiger charge is 2.63. The number of hydrogen-bond donors (Lipinski definition) is 1. The lowest BCUT2D eigenvalue weighted by molar-refractivity contribution is 0.486. The molecule has 1 spiro atoms. The van der Waals surface area contributed by atoms with Gasteiger partial charge in [0.2, 0.25) is 0 Å². The molecule has 10 radical (unpaired) electrons. The van der Waals surface area contributed by atoms with E-state index < -0.39 is 11.6 Å². The quantitative estimate of drug-likeness (QED) is 0.169. The van der Waals surface area contributed by atoms with E-state index >= 15 is 0 Å². The zero-order valence-electron chi connectivity index (χ0n) is 49.5. The van der Waals surface area contributed by atoms with Gasteiger partial charge >= 0.3 is 0 Å². The smallest absolute Gasteiger partial charge is 0.134 e. The maximum Gasteiger partial charge on any atom is 0.134 e. The second-order valence-electron chi connectivity index (χ2n) is 25.8. The van der Waals surface area contributed by atoms with Crippen LogP contribution in [0.15, 0.2) is 216 Å². The van der Waals surface area contributed by atoms with Gasteiger partial charge in [0.1, 0.15) is 62.7 Å². The zero-order chi connectivity index (χ0) is 59.5. The molecular weight excluding hydrogens is 1040 g/mol. The fourth-order valence-corrected chi connectivity index (χ4v) is 14.7. The molecule has 15 rings (SSSR count). The Morgan fingerprint density at radius 2 is 1.07 bits per heavy atom. The van der Waals surface area contributed by atoms with Crippen molar-refractivity contribution in [2.75, 3.05) is 9.80 Å². The fraction of sp³-hybridized carbons (Fsp3) is 0.158. The summed E-state index contributed by atoms with van der Waals surface area (Å²) >= 11 is 0. The lowest BCUT2D eigenvalue weighted by Gasteiger charge is -2.46. The largest absolute Gasteiger partial charge is 0.460 e. The fourth-order valence-electron chi connectivity index (χ4n) is 14.7. The molecular formula is C76H59B5N4O. The Kier molecular flexibility index (Phi) is 12.0. The topological polar surface area (TPSA) is 50.6 Å². The van der Waals surface area contributed by atoms with Crippen molar-refractivity contribution in [3.05, 3.63) is 257 Å². The van der Waals surface area contributed by atoms with Crippen LogP contribution in [0.2, 0.25) is 0 Å². The van der Waals surface area contributed by atoms with E-state index in [0.29, 0.717) is 17.0 Å². The molecule has 1 aliphatic carbocycles. The molecule has 10 heteroatoms. The molecule has 9 aromatic carbocycles. The van der Waals surface area contributed by atoms with E-state index in [0.717, 1.165) is 112 Å². The van der Waals surface area contributed by atoms with E-state index in [9.17, 15) is 0 Å². The van der Waals surface area contributed by atoms with Gasteiger partial charge in [-0.15, -0.1) is 16.4 Å². The number of hydrogen-bond acceptors (Lipinski definition) is 4. The van der Waals surface area contributed by atoms with Crippen LogP contribution in [0.25, 0.3) is 66.8 Å². The number of nitrogens with two attached hydrogens (primary N) is 1. The summed E-state index contributed by atoms with van der Waals surface area (Å²) < 4.78 is 9.77. The van der Waals surface area contributed by atoms with Crippen LogP contribution < -0.4 is 42.8 Å². The predicted molar refractivity (Wildman–Crippen MR) is 365 cm³/mol. The first-order chi connectivity index (χ1) is 41.4. The predicted octanol–water partition coefficient (Wildman–Crippen LogP) is 13.2. The molecule has 2 N–H and O–H groups in total. The molecule has 0 saturated heterocycles. The van der Waals surface area contributed by atoms with Gasteiger partial charge in [-0.3, -0.25) is 4.57 Å². The normalized spacial score (nSPS) is 18.3. The summed E-state index contributed by atoms with van der Waals surface area (Å²) in [7, 11) is 34.5. The molecule has 11 aromatic rings. The molecule has 3 atom stereocenters. The summed E-state index contributed by atoms with van der Waals surface area (Å²) in [6.07, 6.45) is 6.13. The van der Waals surface area contributed by atoms with E-state index in [1.807, 2.05) is 13.0 Å². The van der Waals surface area contributed by atoms with Crippen molar-refractivity contribution >= 4 is 122 Å². The third-order valence-electron chi connectivity index (χ3n) is 18.8. The first-order valence-electron chi connectivity index (χ1n) is 29.6. The molecule has 4 aliphatic rings. The Morgan fingerprint density at radius 3 is 1.71 bits per heavy atom. The zero-order valence-corrected chi connectivity index (χ0v) is 49.5. The molecule has 3 aliphatic heterocycles. The van der Waals surface area contributed by atoms with Gasteiger partial charge in [-0.05, 0) is 134 Å². The minimum absolute atomic E-state index is 0.0978. The number of furan rings is 1. The van der Waals surface area contributed by atoms with Gasteiger partial charge in [-0.2, -0.15) is 0 Å². The molecule has 5 nitrogen and oxygen atoms in total. The van der Waals surface area contributed by atoms with Crippen LogP contribution in [0.1, 0.15) is 99.1 Å². The Morgan fingerprint density at radius 1 is 0.512 bits per heavy atom. The molecule has 0 amide bonds. The number of para-hydroxylation sites is 4. The lowest BCUT2D eigenvalue weighted by Crippen LogP contribution is -2.56. The van der Waals surface area contributed by atoms with Gasteiger partial charge in [-0.1, -0.05) is 204 Å². The number of nitrogens with zero attached hydrogens (tertiary/aromatic N) is 3. The van der Waals surface area contributed by atoms with Crippen molar-refractivity contribution in [2.45, 2.75) is 76.8 Å². The van der Waals surface area contributed by atoms with Crippen LogP contribution in [-0.4, -0.2) is 50.0 Å². The maximum atomic E-state index is 7.80. The third-order valence-corrected chi connectivity index (χ3v) is 18.8. The second-order valence-corrected chi connectivity index (χ2v) is 25.8. The van der Waals surface area contributed by atoms with Gasteiger partial charge in [-0.25, -0.2) is 0 Å². The Bertz CT molecular complexity index is 4670. The highest BCUT2D eigenvalue weighted by Crippen LogP contribution is 2.68. The summed E-state index contributed by atoms with van der Waals surface area (Å²) in [5.41, 5.74) is 28.1. The second kappa shape index (κ2) is 19.3. The number of rotatable bonds is 6. The van der Waals surface area contributed by atoms with E-state index in [4.69, 9.17) is 49.4 Å². The summed E-state index contributed by atoms with van der Waals surface area (Å²) in [5, 5.41) is 2.14. The summed E-state index contributed by atoms with van der Waals surface area (Å²) in [5.74, 6) is 1.77. The number of allylic oxidation sites excluding steroid dienone is 4. The lowest BCUT2D eigenvalue weighted by atomic mass is 9.59. The van der Waals surface area contributed by atoms with Crippen molar-refractivity contribution in [2.24, 2.45) is 5.73 Å². The molecule has 0 saturated carbocycles. The Hall–Kier alpha value is -9.00. The van der Waals surface area contributed by atoms with Crippen molar-refractivity contribution in [1.29, 1.82) is 0 Å². The van der Waals surface area contributed by atoms with Crippen LogP contribution in [-0.2, 0) is 16.2 Å². The standard InChI is InChI=1S/C76H59B5N4O/c1-42-38-61(82)84-55-28-15-14-24-51(55)52-32-33-54-62(60-35-34-59(86-60)45-39-46(74(2,3)4)41-47(40-45)75(5,6)7)53-27-19-31-58-64(53)76(65(54)72(52)84,37-36-48(42)63-66(77)68(79)70(81)69(80)67(63)78)73-83(58)56-29-16-17-30-57(56)85(73)71-49(43-20-10-8-11-21-43)25-18-26-50(71)44-22-12-9-13-23-44/h8-41,62,73H,82H2,1-7H3/b37-36?,48-42?,61-38+. The van der Waals surface area contributed by atoms with Crippen molar-refractivity contribution in [3.63, 3.8) is 0 Å². The van der Waals surface area contributed by atoms with Crippen LogP contribution >= 0.6 is 0 Å². The van der Waals surface area contributed by atoms with Crippen molar-refractivity contribution < 1.29 is 4.42 Å². The first kappa shape index (κ1) is 53.7. The highest BCUT2D eigenvalue weighted by molar-refractivity contribution is 6.68. The molecule has 3 unspecified atom stereocenters. The van der Waals surface area contributed by atoms with Crippen molar-refractivity contribution in [3.8, 4) is 33.6 Å². The van der Waals surface area contributed by atoms with Gasteiger partial charge in [0.15, 0.2) is 0 Å². The van der Waals surface area contributed by atoms with E-state index in [-0.39, 0.29) is 44.1 Å². The molecule has 5 heterocycles. The SMILES string of the molecule is [B]c1c([B])c([B])c(C2=C(C)/C=C(\N)n3c4ccccc4c4ccc5c(c43)C3(C=C2)c2c(cccc2N2c4ccccc4N(c4c(-c6ccccc6)cccc4-c4ccccc4)C23)C5c2ccc(-c3cc(C(C)(C)C)cc(C(C)(C)C)c3)o2)c([B])c1[B]. The van der Waals surface area contributed by atoms with E-state index in [1.165, 1.54) is 11.1 Å². The van der Waals surface area contributed by atoms with Gasteiger partial charge in [0, 0.05) is 33.2 Å². The minimum atomic E-state index is -1.07. The molecule has 86 heavy (non-hydrogen) atoms. The number of benzene rings is 9. The maximum absolute atomic E-state index is 7.80. The minimum Gasteiger partial charge on any atom is -0.460 e. The van der Waals surface area contributed by atoms with Gasteiger partial charge in [0.05, 0.1) is 39.4 Å². The Labute approximate surface area is 511 Å². The first-order valence-corrected chi connectivity index (χ1v) is 29.6. The average molecular weight is 1100 g/mol.